The molecule has 24 heavy (non-hydrogen) atoms. The second-order valence-electron chi connectivity index (χ2n) is 4.93. The van der Waals surface area contributed by atoms with Crippen LogP contribution in [0.25, 0.3) is 10.8 Å². The summed E-state index contributed by atoms with van der Waals surface area (Å²) >= 11 is 0. The molecule has 0 fully saturated rings. The van der Waals surface area contributed by atoms with Gasteiger partial charge in [-0.05, 0) is 19.1 Å². The molecule has 0 heterocycles. The predicted molar refractivity (Wildman–Crippen MR) is 91.6 cm³/mol. The van der Waals surface area contributed by atoms with E-state index in [2.05, 4.69) is 0 Å². The Kier molecular flexibility index (Phi) is 6.91. The molecule has 0 atom stereocenters. The van der Waals surface area contributed by atoms with E-state index >= 15 is 0 Å². The number of hydrogen-bond acceptors (Lipinski definition) is 4. The number of nitrogens with two attached hydrogens (primary N) is 1. The summed E-state index contributed by atoms with van der Waals surface area (Å²) in [6, 6.07) is 9.60. The molecule has 2 aromatic carbocycles. The number of benzene rings is 2. The molecule has 0 saturated carbocycles. The fourth-order valence-corrected chi connectivity index (χ4v) is 3.38. The molecule has 0 aliphatic heterocycles. The molecule has 134 valence electrons. The van der Waals surface area contributed by atoms with Crippen molar-refractivity contribution in [1.29, 1.82) is 0 Å². The van der Waals surface area contributed by atoms with Crippen molar-refractivity contribution < 1.29 is 21.9 Å². The molecule has 0 spiro atoms. The summed E-state index contributed by atoms with van der Waals surface area (Å²) in [6.07, 6.45) is 0. The predicted octanol–water partition coefficient (Wildman–Crippen LogP) is 2.53. The van der Waals surface area contributed by atoms with Gasteiger partial charge in [-0.3, -0.25) is 0 Å². The maximum Gasteiger partial charge on any atom is 0.273 e. The molecule has 0 radical (unpaired) electrons. The highest BCUT2D eigenvalue weighted by Crippen LogP contribution is 2.31. The molecular formula is C15H19ClF2N2O3S. The van der Waals surface area contributed by atoms with Crippen molar-refractivity contribution in [3.63, 3.8) is 0 Å². The van der Waals surface area contributed by atoms with Crippen LogP contribution in [0.15, 0.2) is 41.3 Å². The van der Waals surface area contributed by atoms with Crippen LogP contribution in [0, 0.1) is 0 Å². The topological polar surface area (TPSA) is 81.4 Å². The lowest BCUT2D eigenvalue weighted by Gasteiger charge is -2.16. The van der Waals surface area contributed by atoms with Gasteiger partial charge in [-0.15, -0.1) is 12.4 Å². The van der Waals surface area contributed by atoms with Crippen molar-refractivity contribution >= 4 is 33.2 Å². The van der Waals surface area contributed by atoms with Gasteiger partial charge in [0.15, 0.2) is 0 Å². The largest absolute Gasteiger partial charge is 0.493 e. The third kappa shape index (κ3) is 4.54. The second kappa shape index (κ2) is 8.06. The van der Waals surface area contributed by atoms with Crippen LogP contribution in [0.4, 0.5) is 8.78 Å². The first kappa shape index (κ1) is 20.6. The Morgan fingerprint density at radius 3 is 2.38 bits per heavy atom. The van der Waals surface area contributed by atoms with E-state index in [0.717, 1.165) is 0 Å². The molecule has 0 amide bonds. The van der Waals surface area contributed by atoms with Crippen LogP contribution in [0.5, 0.6) is 5.75 Å². The zero-order valence-corrected chi connectivity index (χ0v) is 14.6. The lowest BCUT2D eigenvalue weighted by molar-refractivity contribution is 0.0170. The van der Waals surface area contributed by atoms with E-state index in [1.54, 1.807) is 24.3 Å². The fraction of sp³-hybridized carbons (Fsp3) is 0.333. The highest BCUT2D eigenvalue weighted by Gasteiger charge is 2.30. The SMILES string of the molecule is CCOc1ccc(S(=O)(=O)NCC(F)(F)CN)c2ccccc12.Cl. The Balaban J connectivity index is 0.00000288. The summed E-state index contributed by atoms with van der Waals surface area (Å²) < 4.78 is 58.5. The summed E-state index contributed by atoms with van der Waals surface area (Å²) in [5.41, 5.74) is 4.92. The second-order valence-corrected chi connectivity index (χ2v) is 6.66. The van der Waals surface area contributed by atoms with E-state index in [1.165, 1.54) is 12.1 Å². The molecule has 2 aromatic rings. The summed E-state index contributed by atoms with van der Waals surface area (Å²) in [5, 5.41) is 1.00. The highest BCUT2D eigenvalue weighted by molar-refractivity contribution is 7.89. The first-order valence-electron chi connectivity index (χ1n) is 7.03. The van der Waals surface area contributed by atoms with Crippen LogP contribution in [0.1, 0.15) is 6.92 Å². The third-order valence-corrected chi connectivity index (χ3v) is 4.71. The van der Waals surface area contributed by atoms with E-state index in [9.17, 15) is 17.2 Å². The molecule has 0 aromatic heterocycles. The Morgan fingerprint density at radius 1 is 1.17 bits per heavy atom. The lowest BCUT2D eigenvalue weighted by atomic mass is 10.1. The van der Waals surface area contributed by atoms with Gasteiger partial charge in [-0.2, -0.15) is 0 Å². The van der Waals surface area contributed by atoms with Gasteiger partial charge in [0.2, 0.25) is 10.0 Å². The Morgan fingerprint density at radius 2 is 1.79 bits per heavy atom. The molecule has 0 aliphatic carbocycles. The van der Waals surface area contributed by atoms with Gasteiger partial charge in [-0.1, -0.05) is 24.3 Å². The van der Waals surface area contributed by atoms with Crippen LogP contribution >= 0.6 is 12.4 Å². The number of nitrogens with one attached hydrogen (secondary N) is 1. The van der Waals surface area contributed by atoms with E-state index < -0.39 is 29.0 Å². The smallest absolute Gasteiger partial charge is 0.273 e. The minimum Gasteiger partial charge on any atom is -0.493 e. The first-order valence-corrected chi connectivity index (χ1v) is 8.51. The summed E-state index contributed by atoms with van der Waals surface area (Å²) in [6.45, 7) is 0.264. The third-order valence-electron chi connectivity index (χ3n) is 3.25. The highest BCUT2D eigenvalue weighted by atomic mass is 35.5. The van der Waals surface area contributed by atoms with Gasteiger partial charge in [0.05, 0.1) is 24.6 Å². The van der Waals surface area contributed by atoms with Gasteiger partial charge in [0.25, 0.3) is 5.92 Å². The number of sulfonamides is 1. The van der Waals surface area contributed by atoms with E-state index in [-0.39, 0.29) is 17.3 Å². The van der Waals surface area contributed by atoms with Gasteiger partial charge < -0.3 is 10.5 Å². The van der Waals surface area contributed by atoms with Crippen LogP contribution in [-0.2, 0) is 10.0 Å². The molecular weight excluding hydrogens is 362 g/mol. The molecule has 2 rings (SSSR count). The molecule has 3 N–H and O–H groups in total. The zero-order valence-electron chi connectivity index (χ0n) is 13.0. The standard InChI is InChI=1S/C15H18F2N2O3S.ClH/c1-2-22-13-7-8-14(12-6-4-3-5-11(12)13)23(20,21)19-10-15(16,17)9-18;/h3-8,19H,2,9-10,18H2,1H3;1H. The number of hydrogen-bond donors (Lipinski definition) is 2. The van der Waals surface area contributed by atoms with Crippen LogP contribution in [0.2, 0.25) is 0 Å². The minimum absolute atomic E-state index is 0. The van der Waals surface area contributed by atoms with Gasteiger partial charge in [-0.25, -0.2) is 21.9 Å². The number of alkyl halides is 2. The quantitative estimate of drug-likeness (QED) is 0.773. The lowest BCUT2D eigenvalue weighted by Crippen LogP contribution is -2.41. The summed E-state index contributed by atoms with van der Waals surface area (Å²) in [7, 11) is -4.10. The number of ether oxygens (including phenoxy) is 1. The van der Waals surface area contributed by atoms with Crippen molar-refractivity contribution in [3.05, 3.63) is 36.4 Å². The molecule has 5 nitrogen and oxygen atoms in total. The Hall–Kier alpha value is -1.48. The fourth-order valence-electron chi connectivity index (χ4n) is 2.11. The molecule has 0 unspecified atom stereocenters. The summed E-state index contributed by atoms with van der Waals surface area (Å²) in [5.74, 6) is -2.76. The number of fused-ring (bicyclic) bond motifs is 1. The van der Waals surface area contributed by atoms with Crippen LogP contribution < -0.4 is 15.2 Å². The monoisotopic (exact) mass is 380 g/mol. The molecule has 9 heteroatoms. The maximum absolute atomic E-state index is 13.2. The van der Waals surface area contributed by atoms with Crippen molar-refractivity contribution in [1.82, 2.24) is 4.72 Å². The van der Waals surface area contributed by atoms with Gasteiger partial charge in [0.1, 0.15) is 5.75 Å². The van der Waals surface area contributed by atoms with E-state index in [1.807, 2.05) is 11.6 Å². The summed E-state index contributed by atoms with van der Waals surface area (Å²) in [4.78, 5) is -0.0793. The minimum atomic E-state index is -4.10. The van der Waals surface area contributed by atoms with Crippen molar-refractivity contribution in [3.8, 4) is 5.75 Å². The normalized spacial score (nSPS) is 12.0. The van der Waals surface area contributed by atoms with Crippen LogP contribution in [0.3, 0.4) is 0 Å². The van der Waals surface area contributed by atoms with Crippen molar-refractivity contribution in [2.45, 2.75) is 17.7 Å². The average Bonchev–Trinajstić information content (AvgIpc) is 2.53. The Labute approximate surface area is 145 Å². The molecule has 0 aliphatic rings. The zero-order chi connectivity index (χ0) is 17.1. The Bertz CT molecular complexity index is 800. The number of halogens is 3. The average molecular weight is 381 g/mol. The van der Waals surface area contributed by atoms with Gasteiger partial charge >= 0.3 is 0 Å². The number of rotatable bonds is 7. The van der Waals surface area contributed by atoms with E-state index in [0.29, 0.717) is 23.1 Å². The van der Waals surface area contributed by atoms with Crippen LogP contribution in [-0.4, -0.2) is 34.0 Å². The molecule has 0 saturated heterocycles. The van der Waals surface area contributed by atoms with Crippen molar-refractivity contribution in [2.75, 3.05) is 19.7 Å². The van der Waals surface area contributed by atoms with Crippen molar-refractivity contribution in [2.24, 2.45) is 5.73 Å². The van der Waals surface area contributed by atoms with E-state index in [4.69, 9.17) is 10.5 Å². The first-order chi connectivity index (χ1) is 10.8. The maximum atomic E-state index is 13.2. The molecule has 0 bridgehead atoms. The van der Waals surface area contributed by atoms with Gasteiger partial charge in [0, 0.05) is 10.8 Å².